The van der Waals surface area contributed by atoms with E-state index < -0.39 is 6.10 Å². The molecule has 1 atom stereocenters. The van der Waals surface area contributed by atoms with Crippen LogP contribution in [0, 0.1) is 0 Å². The summed E-state index contributed by atoms with van der Waals surface area (Å²) in [6, 6.07) is 0. The van der Waals surface area contributed by atoms with Crippen LogP contribution >= 0.6 is 0 Å². The van der Waals surface area contributed by atoms with Crippen molar-refractivity contribution in [1.29, 1.82) is 0 Å². The lowest BCUT2D eigenvalue weighted by atomic mass is 10.0. The van der Waals surface area contributed by atoms with Gasteiger partial charge in [-0.05, 0) is 57.8 Å². The van der Waals surface area contributed by atoms with Gasteiger partial charge in [0.15, 0.2) is 6.10 Å². The third kappa shape index (κ3) is 70.0. The molecule has 0 N–H and O–H groups in total. The maximum absolute atomic E-state index is 13.0. The Kier molecular flexibility index (Phi) is 69.6. The lowest BCUT2D eigenvalue weighted by molar-refractivity contribution is -0.167. The van der Waals surface area contributed by atoms with Crippen LogP contribution < -0.4 is 0 Å². The summed E-state index contributed by atoms with van der Waals surface area (Å²) in [5, 5.41) is 0. The summed E-state index contributed by atoms with van der Waals surface area (Å²) in [5.74, 6) is -0.837. The number of allylic oxidation sites excluding steroid dienone is 8. The quantitative estimate of drug-likeness (QED) is 0.0261. The van der Waals surface area contributed by atoms with Crippen LogP contribution in [-0.4, -0.2) is 37.2 Å². The van der Waals surface area contributed by atoms with Crippen LogP contribution in [0.5, 0.6) is 0 Å². The van der Waals surface area contributed by atoms with Gasteiger partial charge in [0, 0.05) is 19.3 Å². The van der Waals surface area contributed by atoms with E-state index in [4.69, 9.17) is 14.2 Å². The van der Waals surface area contributed by atoms with Crippen LogP contribution in [0.25, 0.3) is 0 Å². The van der Waals surface area contributed by atoms with Gasteiger partial charge in [0.25, 0.3) is 0 Å². The second-order valence-electron chi connectivity index (χ2n) is 25.2. The molecular weight excluding hydrogens is 1020 g/mol. The topological polar surface area (TPSA) is 78.9 Å². The highest BCUT2D eigenvalue weighted by molar-refractivity contribution is 5.71. The molecule has 0 rings (SSSR count). The van der Waals surface area contributed by atoms with Crippen LogP contribution in [0.1, 0.15) is 406 Å². The molecule has 83 heavy (non-hydrogen) atoms. The predicted molar refractivity (Wildman–Crippen MR) is 362 cm³/mol. The molecule has 0 aromatic carbocycles. The van der Waals surface area contributed by atoms with Gasteiger partial charge in [-0.25, -0.2) is 0 Å². The molecule has 0 amide bonds. The largest absolute Gasteiger partial charge is 0.462 e. The van der Waals surface area contributed by atoms with E-state index in [9.17, 15) is 14.4 Å². The zero-order valence-electron chi connectivity index (χ0n) is 56.0. The zero-order chi connectivity index (χ0) is 59.9. The summed E-state index contributed by atoms with van der Waals surface area (Å²) in [6.45, 7) is 6.60. The van der Waals surface area contributed by atoms with Crippen LogP contribution in [0.4, 0.5) is 0 Å². The summed E-state index contributed by atoms with van der Waals surface area (Å²) in [5.41, 5.74) is 0. The number of ether oxygens (including phenoxy) is 3. The van der Waals surface area contributed by atoms with E-state index in [0.29, 0.717) is 19.3 Å². The van der Waals surface area contributed by atoms with E-state index in [1.807, 2.05) is 0 Å². The molecule has 6 nitrogen and oxygen atoms in total. The minimum atomic E-state index is -0.770. The molecular formula is C77H142O6. The molecule has 0 spiro atoms. The first-order valence-corrected chi connectivity index (χ1v) is 37.1. The van der Waals surface area contributed by atoms with Gasteiger partial charge in [-0.15, -0.1) is 0 Å². The summed E-state index contributed by atoms with van der Waals surface area (Å²) < 4.78 is 17.0. The van der Waals surface area contributed by atoms with Crippen molar-refractivity contribution >= 4 is 17.9 Å². The summed E-state index contributed by atoms with van der Waals surface area (Å²) in [4.78, 5) is 38.4. The molecule has 0 saturated heterocycles. The van der Waals surface area contributed by atoms with Gasteiger partial charge in [0.1, 0.15) is 13.2 Å². The molecule has 0 fully saturated rings. The Bertz CT molecular complexity index is 1430. The summed E-state index contributed by atoms with van der Waals surface area (Å²) in [6.07, 6.45) is 91.6. The Morgan fingerprint density at radius 1 is 0.253 bits per heavy atom. The number of hydrogen-bond donors (Lipinski definition) is 0. The number of esters is 3. The minimum Gasteiger partial charge on any atom is -0.462 e. The fraction of sp³-hybridized carbons (Fsp3) is 0.857. The first kappa shape index (κ1) is 80.4. The van der Waals surface area contributed by atoms with Crippen molar-refractivity contribution in [3.8, 4) is 0 Å². The van der Waals surface area contributed by atoms with Gasteiger partial charge < -0.3 is 14.2 Å². The third-order valence-electron chi connectivity index (χ3n) is 16.8. The summed E-state index contributed by atoms with van der Waals surface area (Å²) in [7, 11) is 0. The first-order chi connectivity index (χ1) is 41.0. The smallest absolute Gasteiger partial charge is 0.306 e. The highest BCUT2D eigenvalue weighted by Crippen LogP contribution is 2.19. The van der Waals surface area contributed by atoms with Crippen molar-refractivity contribution in [2.45, 2.75) is 412 Å². The minimum absolute atomic E-state index is 0.0663. The van der Waals surface area contributed by atoms with Crippen molar-refractivity contribution in [1.82, 2.24) is 0 Å². The Morgan fingerprint density at radius 3 is 0.735 bits per heavy atom. The molecule has 0 aromatic rings. The van der Waals surface area contributed by atoms with Crippen molar-refractivity contribution in [2.75, 3.05) is 13.2 Å². The number of rotatable bonds is 69. The maximum Gasteiger partial charge on any atom is 0.306 e. The van der Waals surface area contributed by atoms with E-state index in [2.05, 4.69) is 69.4 Å². The van der Waals surface area contributed by atoms with Gasteiger partial charge in [0.2, 0.25) is 0 Å². The van der Waals surface area contributed by atoms with Crippen molar-refractivity contribution in [2.24, 2.45) is 0 Å². The molecule has 486 valence electrons. The average Bonchev–Trinajstić information content (AvgIpc) is 3.48. The van der Waals surface area contributed by atoms with Crippen LogP contribution in [-0.2, 0) is 28.6 Å². The van der Waals surface area contributed by atoms with Gasteiger partial charge in [0.05, 0.1) is 0 Å². The standard InChI is InChI=1S/C77H142O6/c1-4-7-10-13-16-19-22-24-26-28-30-32-34-36-38-40-42-44-46-48-50-52-55-58-61-64-67-70-76(79)82-73-74(72-81-75(78)69-66-63-60-57-54-21-18-15-12-9-6-3)83-77(80)71-68-65-62-59-56-53-51-49-47-45-43-41-39-37-35-33-31-29-27-25-23-20-17-14-11-8-5-2/h7,10,16,19,24,26,30,32,74H,4-6,8-9,11-15,17-18,20-23,25,27-29,31,33-73H2,1-3H3/b10-7-,19-16-,26-24-,32-30-. The number of hydrogen-bond acceptors (Lipinski definition) is 6. The maximum atomic E-state index is 13.0. The molecule has 0 bridgehead atoms. The van der Waals surface area contributed by atoms with Crippen LogP contribution in [0.15, 0.2) is 48.6 Å². The summed E-state index contributed by atoms with van der Waals surface area (Å²) >= 11 is 0. The first-order valence-electron chi connectivity index (χ1n) is 37.1. The second-order valence-corrected chi connectivity index (χ2v) is 25.2. The second kappa shape index (κ2) is 71.8. The highest BCUT2D eigenvalue weighted by Gasteiger charge is 2.20. The fourth-order valence-electron chi connectivity index (χ4n) is 11.3. The van der Waals surface area contributed by atoms with Crippen molar-refractivity contribution < 1.29 is 28.6 Å². The fourth-order valence-corrected chi connectivity index (χ4v) is 11.3. The van der Waals surface area contributed by atoms with Crippen LogP contribution in [0.3, 0.4) is 0 Å². The van der Waals surface area contributed by atoms with Gasteiger partial charge >= 0.3 is 17.9 Å². The predicted octanol–water partition coefficient (Wildman–Crippen LogP) is 25.7. The molecule has 0 aliphatic rings. The van der Waals surface area contributed by atoms with Gasteiger partial charge in [-0.2, -0.15) is 0 Å². The van der Waals surface area contributed by atoms with Crippen molar-refractivity contribution in [3.05, 3.63) is 48.6 Å². The molecule has 6 heteroatoms. The molecule has 0 saturated carbocycles. The Hall–Kier alpha value is -2.63. The molecule has 0 aliphatic heterocycles. The number of unbranched alkanes of at least 4 members (excludes halogenated alkanes) is 50. The molecule has 0 aliphatic carbocycles. The molecule has 0 heterocycles. The zero-order valence-corrected chi connectivity index (χ0v) is 56.0. The van der Waals surface area contributed by atoms with Crippen LogP contribution in [0.2, 0.25) is 0 Å². The molecule has 0 radical (unpaired) electrons. The van der Waals surface area contributed by atoms with E-state index >= 15 is 0 Å². The Balaban J connectivity index is 4.14. The van der Waals surface area contributed by atoms with E-state index in [-0.39, 0.29) is 31.1 Å². The SMILES string of the molecule is CC/C=C\C/C=C\C/C=C\C/C=C\CCCCCCCCCCCCCCCCC(=O)OCC(COC(=O)CCCCCCCCCCCCC)OC(=O)CCCCCCCCCCCCCCCCCCCCCCCCCCCCC. The highest BCUT2D eigenvalue weighted by atomic mass is 16.6. The van der Waals surface area contributed by atoms with Crippen molar-refractivity contribution in [3.63, 3.8) is 0 Å². The lowest BCUT2D eigenvalue weighted by Gasteiger charge is -2.18. The number of carbonyl (C=O) groups is 3. The average molecular weight is 1160 g/mol. The monoisotopic (exact) mass is 1160 g/mol. The van der Waals surface area contributed by atoms with E-state index in [0.717, 1.165) is 83.5 Å². The Morgan fingerprint density at radius 2 is 0.470 bits per heavy atom. The van der Waals surface area contributed by atoms with Gasteiger partial charge in [-0.1, -0.05) is 378 Å². The van der Waals surface area contributed by atoms with Gasteiger partial charge in [-0.3, -0.25) is 14.4 Å². The van der Waals surface area contributed by atoms with E-state index in [1.54, 1.807) is 0 Å². The van der Waals surface area contributed by atoms with E-state index in [1.165, 1.54) is 283 Å². The number of carbonyl (C=O) groups excluding carboxylic acids is 3. The Labute approximate surface area is 518 Å². The normalized spacial score (nSPS) is 12.3. The molecule has 1 unspecified atom stereocenters. The third-order valence-corrected chi connectivity index (χ3v) is 16.8. The lowest BCUT2D eigenvalue weighted by Crippen LogP contribution is -2.30. The molecule has 0 aromatic heterocycles.